The molecule has 2 atom stereocenters. The van der Waals surface area contributed by atoms with Gasteiger partial charge in [0.1, 0.15) is 29.6 Å². The van der Waals surface area contributed by atoms with Crippen LogP contribution < -0.4 is 31.4 Å². The van der Waals surface area contributed by atoms with Crippen molar-refractivity contribution in [1.29, 1.82) is 0 Å². The molecular weight excluding hydrogens is 582 g/mol. The summed E-state index contributed by atoms with van der Waals surface area (Å²) >= 11 is 0. The van der Waals surface area contributed by atoms with E-state index in [4.69, 9.17) is 24.5 Å². The number of pyridine rings is 1. The molecule has 4 rings (SSSR count). The molecular formula is C31H41N7O7. The Morgan fingerprint density at radius 1 is 1.13 bits per heavy atom. The third kappa shape index (κ3) is 10.5. The molecule has 1 aliphatic rings. The molecule has 14 nitrogen and oxygen atoms in total. The van der Waals surface area contributed by atoms with Crippen LogP contribution in [-0.2, 0) is 27.2 Å². The highest BCUT2D eigenvalue weighted by atomic mass is 16.6. The summed E-state index contributed by atoms with van der Waals surface area (Å²) in [7, 11) is 1.37. The minimum Gasteiger partial charge on any atom is -0.491 e. The maximum atomic E-state index is 13.4. The van der Waals surface area contributed by atoms with Crippen molar-refractivity contribution in [2.75, 3.05) is 20.3 Å². The molecule has 242 valence electrons. The topological polar surface area (TPSA) is 193 Å². The minimum absolute atomic E-state index is 0.00157. The lowest BCUT2D eigenvalue weighted by molar-refractivity contribution is -0.156. The van der Waals surface area contributed by atoms with Crippen LogP contribution in [0.4, 0.5) is 0 Å². The number of amides is 2. The Bertz CT molecular complexity index is 1440. The first-order valence-electron chi connectivity index (χ1n) is 14.9. The molecule has 0 spiro atoms. The number of nitrogens with one attached hydrogen (secondary N) is 3. The van der Waals surface area contributed by atoms with E-state index in [2.05, 4.69) is 31.3 Å². The van der Waals surface area contributed by atoms with Crippen LogP contribution in [0.5, 0.6) is 11.6 Å². The molecule has 1 saturated carbocycles. The summed E-state index contributed by atoms with van der Waals surface area (Å²) in [4.78, 5) is 47.7. The lowest BCUT2D eigenvalue weighted by Crippen LogP contribution is -2.53. The number of aromatic nitrogens is 3. The van der Waals surface area contributed by atoms with Crippen LogP contribution in [0.15, 0.2) is 47.1 Å². The Kier molecular flexibility index (Phi) is 11.4. The van der Waals surface area contributed by atoms with Crippen LogP contribution in [-0.4, -0.2) is 70.9 Å². The number of esters is 1. The second kappa shape index (κ2) is 15.4. The van der Waals surface area contributed by atoms with Crippen molar-refractivity contribution in [2.45, 2.75) is 76.5 Å². The van der Waals surface area contributed by atoms with Crippen molar-refractivity contribution in [3.63, 3.8) is 0 Å². The van der Waals surface area contributed by atoms with Gasteiger partial charge in [-0.1, -0.05) is 35.5 Å². The number of hydrogen-bond donors (Lipinski definition) is 4. The average Bonchev–Trinajstić information content (AvgIpc) is 3.75. The monoisotopic (exact) mass is 623 g/mol. The number of methoxy groups -OCH3 is 1. The van der Waals surface area contributed by atoms with E-state index < -0.39 is 29.4 Å². The van der Waals surface area contributed by atoms with Gasteiger partial charge in [0.15, 0.2) is 5.82 Å². The van der Waals surface area contributed by atoms with Gasteiger partial charge in [0.05, 0.1) is 13.5 Å². The van der Waals surface area contributed by atoms with Crippen molar-refractivity contribution >= 4 is 17.8 Å². The molecule has 2 amide bonds. The van der Waals surface area contributed by atoms with Crippen molar-refractivity contribution in [2.24, 2.45) is 5.73 Å². The predicted octanol–water partition coefficient (Wildman–Crippen LogP) is 1.99. The summed E-state index contributed by atoms with van der Waals surface area (Å²) < 4.78 is 21.9. The summed E-state index contributed by atoms with van der Waals surface area (Å²) in [5, 5.41) is 6.71. The molecule has 0 bridgehead atoms. The van der Waals surface area contributed by atoms with Crippen LogP contribution >= 0.6 is 0 Å². The number of nitrogens with two attached hydrogens (primary N) is 1. The molecule has 0 aliphatic heterocycles. The molecule has 0 saturated heterocycles. The predicted molar refractivity (Wildman–Crippen MR) is 162 cm³/mol. The SMILES string of the molecule is COc1nccc(OC[C@H](N)Cc2ccccc2)c1C(=O)NN[C@@H](CC(=O)OC(C)(C)C)C(=O)NCCc1nc(C2CC2)no1. The van der Waals surface area contributed by atoms with Gasteiger partial charge in [-0.3, -0.25) is 19.8 Å². The molecule has 1 fully saturated rings. The number of benzene rings is 1. The highest BCUT2D eigenvalue weighted by molar-refractivity contribution is 5.99. The summed E-state index contributed by atoms with van der Waals surface area (Å²) in [6.45, 7) is 5.44. The van der Waals surface area contributed by atoms with Crippen molar-refractivity contribution in [3.8, 4) is 11.6 Å². The highest BCUT2D eigenvalue weighted by Crippen LogP contribution is 2.38. The second-order valence-electron chi connectivity index (χ2n) is 11.8. The van der Waals surface area contributed by atoms with Gasteiger partial charge in [0.25, 0.3) is 5.91 Å². The molecule has 45 heavy (non-hydrogen) atoms. The van der Waals surface area contributed by atoms with E-state index in [1.807, 2.05) is 30.3 Å². The fraction of sp³-hybridized carbons (Fsp3) is 0.484. The third-order valence-electron chi connectivity index (χ3n) is 6.62. The van der Waals surface area contributed by atoms with E-state index >= 15 is 0 Å². The second-order valence-corrected chi connectivity index (χ2v) is 11.8. The van der Waals surface area contributed by atoms with E-state index in [9.17, 15) is 14.4 Å². The Balaban J connectivity index is 1.39. The Labute approximate surface area is 261 Å². The molecule has 0 unspecified atom stereocenters. The molecule has 2 heterocycles. The van der Waals surface area contributed by atoms with Crippen LogP contribution in [0.3, 0.4) is 0 Å². The zero-order valence-electron chi connectivity index (χ0n) is 26.0. The zero-order valence-corrected chi connectivity index (χ0v) is 26.0. The van der Waals surface area contributed by atoms with E-state index in [0.717, 1.165) is 18.4 Å². The number of hydrazine groups is 1. The first-order valence-corrected chi connectivity index (χ1v) is 14.9. The van der Waals surface area contributed by atoms with Gasteiger partial charge in [0.2, 0.25) is 17.7 Å². The third-order valence-corrected chi connectivity index (χ3v) is 6.62. The van der Waals surface area contributed by atoms with Crippen LogP contribution in [0.1, 0.15) is 73.6 Å². The zero-order chi connectivity index (χ0) is 32.4. The van der Waals surface area contributed by atoms with Gasteiger partial charge >= 0.3 is 5.97 Å². The van der Waals surface area contributed by atoms with Crippen molar-refractivity contribution in [1.82, 2.24) is 31.3 Å². The molecule has 2 aromatic heterocycles. The Morgan fingerprint density at radius 2 is 1.89 bits per heavy atom. The van der Waals surface area contributed by atoms with E-state index in [-0.39, 0.29) is 42.8 Å². The summed E-state index contributed by atoms with van der Waals surface area (Å²) in [6.07, 6.45) is 4.03. The fourth-order valence-corrected chi connectivity index (χ4v) is 4.35. The summed E-state index contributed by atoms with van der Waals surface area (Å²) in [5.74, 6) is -0.275. The molecule has 1 aromatic carbocycles. The molecule has 5 N–H and O–H groups in total. The van der Waals surface area contributed by atoms with Gasteiger partial charge in [-0.15, -0.1) is 0 Å². The number of hydrogen-bond acceptors (Lipinski definition) is 12. The van der Waals surface area contributed by atoms with Gasteiger partial charge in [-0.25, -0.2) is 10.4 Å². The first kappa shape index (κ1) is 33.3. The highest BCUT2D eigenvalue weighted by Gasteiger charge is 2.30. The maximum absolute atomic E-state index is 13.4. The fourth-order valence-electron chi connectivity index (χ4n) is 4.35. The lowest BCUT2D eigenvalue weighted by Gasteiger charge is -2.23. The van der Waals surface area contributed by atoms with Crippen molar-refractivity contribution < 1.29 is 33.1 Å². The minimum atomic E-state index is -1.18. The number of carbonyl (C=O) groups is 3. The lowest BCUT2D eigenvalue weighted by atomic mass is 10.1. The van der Waals surface area contributed by atoms with E-state index in [0.29, 0.717) is 30.5 Å². The molecule has 0 radical (unpaired) electrons. The summed E-state index contributed by atoms with van der Waals surface area (Å²) in [5.41, 5.74) is 11.7. The standard InChI is InChI=1S/C31H41N7O7/c1-31(2,3)44-25(39)17-22(28(40)33-15-13-24-35-27(38-45-24)20-10-11-20)36-37-29(41)26-23(12-14-34-30(26)42-4)43-18-21(32)16-19-8-6-5-7-9-19/h5-9,12,14,20-22,36H,10-11,13,15-18,32H2,1-4H3,(H,33,40)(H,37,41)/t21-,22+/m1/s1. The van der Waals surface area contributed by atoms with Gasteiger partial charge in [-0.05, 0) is 51.7 Å². The van der Waals surface area contributed by atoms with Crippen molar-refractivity contribution in [3.05, 3.63) is 65.4 Å². The van der Waals surface area contributed by atoms with E-state index in [1.165, 1.54) is 19.4 Å². The average molecular weight is 624 g/mol. The normalized spacial score (nSPS) is 14.2. The van der Waals surface area contributed by atoms with Gasteiger partial charge in [-0.2, -0.15) is 4.98 Å². The van der Waals surface area contributed by atoms with Gasteiger partial charge < -0.3 is 29.8 Å². The quantitative estimate of drug-likeness (QED) is 0.134. The smallest absolute Gasteiger partial charge is 0.308 e. The van der Waals surface area contributed by atoms with E-state index in [1.54, 1.807) is 20.8 Å². The largest absolute Gasteiger partial charge is 0.491 e. The van der Waals surface area contributed by atoms with Crippen LogP contribution in [0, 0.1) is 0 Å². The molecule has 3 aromatic rings. The van der Waals surface area contributed by atoms with Crippen LogP contribution in [0.25, 0.3) is 0 Å². The number of carbonyl (C=O) groups excluding carboxylic acids is 3. The van der Waals surface area contributed by atoms with Crippen LogP contribution in [0.2, 0.25) is 0 Å². The molecule has 14 heteroatoms. The Hall–Kier alpha value is -4.56. The van der Waals surface area contributed by atoms with Gasteiger partial charge in [0, 0.05) is 31.1 Å². The maximum Gasteiger partial charge on any atom is 0.308 e. The Morgan fingerprint density at radius 3 is 2.58 bits per heavy atom. The first-order chi connectivity index (χ1) is 21.5. The summed E-state index contributed by atoms with van der Waals surface area (Å²) in [6, 6.07) is 9.72. The number of ether oxygens (including phenoxy) is 3. The number of nitrogens with zero attached hydrogens (tertiary/aromatic N) is 3. The molecule has 1 aliphatic carbocycles. The number of rotatable bonds is 16.